The summed E-state index contributed by atoms with van der Waals surface area (Å²) < 4.78 is 10.5. The number of carbonyl (C=O) groups is 2. The molecule has 7 heteroatoms. The zero-order valence-corrected chi connectivity index (χ0v) is 9.85. The lowest BCUT2D eigenvalue weighted by Gasteiger charge is -2.30. The van der Waals surface area contributed by atoms with Crippen molar-refractivity contribution < 1.29 is 29.3 Å². The zero-order chi connectivity index (χ0) is 13.3. The third kappa shape index (κ3) is 2.17. The number of rotatable bonds is 3. The van der Waals surface area contributed by atoms with E-state index in [-0.39, 0.29) is 18.8 Å². The van der Waals surface area contributed by atoms with Gasteiger partial charge in [0, 0.05) is 13.3 Å². The SMILES string of the molecule is CO[C@@H]1[C@H](O)[C@@H](CO)O[C@H]1N1C=CC(=O)CC1=O. The maximum absolute atomic E-state index is 11.7. The molecule has 1 saturated heterocycles. The lowest BCUT2D eigenvalue weighted by atomic mass is 10.1. The van der Waals surface area contributed by atoms with Crippen LogP contribution in [0.1, 0.15) is 6.42 Å². The number of amides is 1. The molecule has 18 heavy (non-hydrogen) atoms. The van der Waals surface area contributed by atoms with Gasteiger partial charge in [0.15, 0.2) is 12.0 Å². The molecular weight excluding hydrogens is 242 g/mol. The van der Waals surface area contributed by atoms with E-state index in [2.05, 4.69) is 0 Å². The molecule has 0 aromatic rings. The van der Waals surface area contributed by atoms with Gasteiger partial charge in [0.25, 0.3) is 0 Å². The number of carbonyl (C=O) groups excluding carboxylic acids is 2. The van der Waals surface area contributed by atoms with Crippen LogP contribution in [0.2, 0.25) is 0 Å². The first kappa shape index (κ1) is 13.2. The summed E-state index contributed by atoms with van der Waals surface area (Å²) in [4.78, 5) is 24.0. The molecule has 2 rings (SSSR count). The summed E-state index contributed by atoms with van der Waals surface area (Å²) in [6, 6.07) is 0. The number of aliphatic hydroxyl groups is 2. The van der Waals surface area contributed by atoms with Gasteiger partial charge in [-0.25, -0.2) is 0 Å². The van der Waals surface area contributed by atoms with Gasteiger partial charge in [-0.15, -0.1) is 0 Å². The van der Waals surface area contributed by atoms with Crippen molar-refractivity contribution in [2.24, 2.45) is 0 Å². The number of methoxy groups -OCH3 is 1. The van der Waals surface area contributed by atoms with Crippen molar-refractivity contribution in [2.75, 3.05) is 13.7 Å². The highest BCUT2D eigenvalue weighted by Crippen LogP contribution is 2.27. The van der Waals surface area contributed by atoms with Crippen LogP contribution in [0.4, 0.5) is 0 Å². The molecule has 7 nitrogen and oxygen atoms in total. The second kappa shape index (κ2) is 5.15. The molecule has 2 heterocycles. The molecule has 0 bridgehead atoms. The van der Waals surface area contributed by atoms with Crippen LogP contribution in [0, 0.1) is 0 Å². The fraction of sp³-hybridized carbons (Fsp3) is 0.636. The standard InChI is InChI=1S/C11H15NO6/c1-17-10-9(16)7(5-13)18-11(10)12-3-2-6(14)4-8(12)15/h2-3,7,9-11,13,16H,4-5H2,1H3/t7-,9-,10-,11-/m1/s1. The van der Waals surface area contributed by atoms with Gasteiger partial charge in [-0.05, 0) is 6.08 Å². The van der Waals surface area contributed by atoms with Crippen molar-refractivity contribution >= 4 is 11.7 Å². The largest absolute Gasteiger partial charge is 0.394 e. The highest BCUT2D eigenvalue weighted by Gasteiger charge is 2.47. The Morgan fingerprint density at radius 1 is 1.56 bits per heavy atom. The predicted molar refractivity (Wildman–Crippen MR) is 58.2 cm³/mol. The number of nitrogens with zero attached hydrogens (tertiary/aromatic N) is 1. The number of ether oxygens (including phenoxy) is 2. The van der Waals surface area contributed by atoms with Crippen LogP contribution in [-0.2, 0) is 19.1 Å². The average Bonchev–Trinajstić information content (AvgIpc) is 2.65. The molecule has 0 aromatic carbocycles. The van der Waals surface area contributed by atoms with Gasteiger partial charge >= 0.3 is 0 Å². The van der Waals surface area contributed by atoms with Gasteiger partial charge in [0.1, 0.15) is 18.3 Å². The molecule has 0 unspecified atom stereocenters. The van der Waals surface area contributed by atoms with Crippen LogP contribution >= 0.6 is 0 Å². The fourth-order valence-corrected chi connectivity index (χ4v) is 2.12. The van der Waals surface area contributed by atoms with E-state index in [0.29, 0.717) is 0 Å². The smallest absolute Gasteiger partial charge is 0.236 e. The van der Waals surface area contributed by atoms with Gasteiger partial charge in [-0.1, -0.05) is 0 Å². The Labute approximate surface area is 104 Å². The van der Waals surface area contributed by atoms with Crippen molar-refractivity contribution in [3.05, 3.63) is 12.3 Å². The summed E-state index contributed by atoms with van der Waals surface area (Å²) in [5, 5.41) is 18.9. The van der Waals surface area contributed by atoms with E-state index in [4.69, 9.17) is 14.6 Å². The van der Waals surface area contributed by atoms with E-state index in [1.54, 1.807) is 0 Å². The number of hydrogen-bond acceptors (Lipinski definition) is 6. The summed E-state index contributed by atoms with van der Waals surface area (Å²) in [5.74, 6) is -0.692. The Kier molecular flexibility index (Phi) is 3.76. The molecule has 0 radical (unpaired) electrons. The summed E-state index contributed by atoms with van der Waals surface area (Å²) in [6.45, 7) is -0.373. The van der Waals surface area contributed by atoms with Crippen molar-refractivity contribution in [3.63, 3.8) is 0 Å². The summed E-state index contributed by atoms with van der Waals surface area (Å²) in [7, 11) is 1.38. The molecule has 4 atom stereocenters. The van der Waals surface area contributed by atoms with Crippen molar-refractivity contribution in [1.29, 1.82) is 0 Å². The molecular formula is C11H15NO6. The quantitative estimate of drug-likeness (QED) is 0.591. The van der Waals surface area contributed by atoms with E-state index in [1.807, 2.05) is 0 Å². The molecule has 2 aliphatic rings. The van der Waals surface area contributed by atoms with E-state index in [0.717, 1.165) is 0 Å². The summed E-state index contributed by atoms with van der Waals surface area (Å²) >= 11 is 0. The maximum Gasteiger partial charge on any atom is 0.236 e. The highest BCUT2D eigenvalue weighted by molar-refractivity contribution is 6.06. The monoisotopic (exact) mass is 257 g/mol. The third-order valence-corrected chi connectivity index (χ3v) is 3.07. The van der Waals surface area contributed by atoms with Crippen LogP contribution in [0.5, 0.6) is 0 Å². The van der Waals surface area contributed by atoms with Crippen LogP contribution in [-0.4, -0.2) is 65.1 Å². The van der Waals surface area contributed by atoms with E-state index >= 15 is 0 Å². The van der Waals surface area contributed by atoms with E-state index in [1.165, 1.54) is 24.3 Å². The Bertz CT molecular complexity index is 382. The molecule has 0 aliphatic carbocycles. The topological polar surface area (TPSA) is 96.3 Å². The van der Waals surface area contributed by atoms with Crippen molar-refractivity contribution in [1.82, 2.24) is 4.90 Å². The second-order valence-corrected chi connectivity index (χ2v) is 4.20. The number of ketones is 1. The molecule has 0 saturated carbocycles. The number of aliphatic hydroxyl groups excluding tert-OH is 2. The van der Waals surface area contributed by atoms with E-state index < -0.39 is 30.4 Å². The molecule has 0 spiro atoms. The van der Waals surface area contributed by atoms with Gasteiger partial charge in [-0.2, -0.15) is 0 Å². The minimum Gasteiger partial charge on any atom is -0.394 e. The highest BCUT2D eigenvalue weighted by atomic mass is 16.6. The van der Waals surface area contributed by atoms with Crippen molar-refractivity contribution in [3.8, 4) is 0 Å². The molecule has 0 aromatic heterocycles. The zero-order valence-electron chi connectivity index (χ0n) is 9.85. The summed E-state index contributed by atoms with van der Waals surface area (Å²) in [5.41, 5.74) is 0. The Morgan fingerprint density at radius 3 is 2.83 bits per heavy atom. The van der Waals surface area contributed by atoms with Gasteiger partial charge in [0.2, 0.25) is 5.91 Å². The first-order valence-electron chi connectivity index (χ1n) is 5.58. The third-order valence-electron chi connectivity index (χ3n) is 3.07. The Morgan fingerprint density at radius 2 is 2.28 bits per heavy atom. The number of allylic oxidation sites excluding steroid dienone is 1. The van der Waals surface area contributed by atoms with Gasteiger partial charge in [0.05, 0.1) is 13.0 Å². The first-order valence-corrected chi connectivity index (χ1v) is 5.58. The van der Waals surface area contributed by atoms with E-state index in [9.17, 15) is 14.7 Å². The second-order valence-electron chi connectivity index (χ2n) is 4.20. The lowest BCUT2D eigenvalue weighted by molar-refractivity contribution is -0.149. The lowest BCUT2D eigenvalue weighted by Crippen LogP contribution is -2.47. The average molecular weight is 257 g/mol. The van der Waals surface area contributed by atoms with Crippen LogP contribution in [0.3, 0.4) is 0 Å². The molecule has 100 valence electrons. The molecule has 1 fully saturated rings. The molecule has 2 aliphatic heterocycles. The van der Waals surface area contributed by atoms with Crippen molar-refractivity contribution in [2.45, 2.75) is 31.0 Å². The first-order chi connectivity index (χ1) is 8.58. The summed E-state index contributed by atoms with van der Waals surface area (Å²) in [6.07, 6.45) is -1.06. The minimum absolute atomic E-state index is 0.229. The molecule has 2 N–H and O–H groups in total. The fourth-order valence-electron chi connectivity index (χ4n) is 2.12. The molecule has 1 amide bonds. The van der Waals surface area contributed by atoms with Crippen LogP contribution in [0.15, 0.2) is 12.3 Å². The van der Waals surface area contributed by atoms with Gasteiger partial charge in [-0.3, -0.25) is 14.5 Å². The minimum atomic E-state index is -1.02. The Balaban J connectivity index is 2.19. The van der Waals surface area contributed by atoms with Crippen LogP contribution in [0.25, 0.3) is 0 Å². The maximum atomic E-state index is 11.7. The van der Waals surface area contributed by atoms with Gasteiger partial charge < -0.3 is 19.7 Å². The van der Waals surface area contributed by atoms with Crippen LogP contribution < -0.4 is 0 Å². The normalized spacial score (nSPS) is 36.5. The number of hydrogen-bond donors (Lipinski definition) is 2. The predicted octanol–water partition coefficient (Wildman–Crippen LogP) is -1.61. The Hall–Kier alpha value is -1.28.